The average molecular weight is 475 g/mol. The van der Waals surface area contributed by atoms with Crippen LogP contribution in [0.2, 0.25) is 5.02 Å². The number of carbonyl (C=O) groups is 2. The van der Waals surface area contributed by atoms with Crippen LogP contribution in [0, 0.1) is 0 Å². The summed E-state index contributed by atoms with van der Waals surface area (Å²) in [5.41, 5.74) is 3.76. The molecule has 5 rings (SSSR count). The SMILES string of the molecule is CC1Oc2ccc(-c3csc(-c4ccccc4)n3)cc2N(CC(=O)c2ccc(Cl)cc2)C1=O. The number of benzene rings is 3. The molecular formula is C26H19ClN2O3S. The van der Waals surface area contributed by atoms with Crippen LogP contribution in [0.4, 0.5) is 5.69 Å². The van der Waals surface area contributed by atoms with E-state index in [4.69, 9.17) is 21.3 Å². The van der Waals surface area contributed by atoms with Gasteiger partial charge in [0, 0.05) is 27.1 Å². The molecule has 0 bridgehead atoms. The molecule has 7 heteroatoms. The molecule has 1 aliphatic heterocycles. The highest BCUT2D eigenvalue weighted by Crippen LogP contribution is 2.38. The number of Topliss-reactive ketones (excluding diaryl/α,β-unsaturated/α-hetero) is 1. The van der Waals surface area contributed by atoms with Gasteiger partial charge < -0.3 is 4.74 Å². The third-order valence-electron chi connectivity index (χ3n) is 5.46. The third kappa shape index (κ3) is 4.27. The molecule has 0 saturated heterocycles. The zero-order valence-electron chi connectivity index (χ0n) is 17.7. The lowest BCUT2D eigenvalue weighted by molar-refractivity contribution is -0.125. The predicted octanol–water partition coefficient (Wildman–Crippen LogP) is 6.13. The van der Waals surface area contributed by atoms with Gasteiger partial charge in [0.05, 0.1) is 17.9 Å². The van der Waals surface area contributed by atoms with Crippen molar-refractivity contribution in [2.75, 3.05) is 11.4 Å². The number of carbonyl (C=O) groups excluding carboxylic acids is 2. The molecule has 1 aromatic heterocycles. The lowest BCUT2D eigenvalue weighted by Crippen LogP contribution is -2.46. The lowest BCUT2D eigenvalue weighted by Gasteiger charge is -2.33. The Labute approximate surface area is 200 Å². The van der Waals surface area contributed by atoms with Crippen LogP contribution in [0.25, 0.3) is 21.8 Å². The van der Waals surface area contributed by atoms with Gasteiger partial charge in [-0.3, -0.25) is 14.5 Å². The number of ketones is 1. The van der Waals surface area contributed by atoms with E-state index in [2.05, 4.69) is 0 Å². The van der Waals surface area contributed by atoms with E-state index in [9.17, 15) is 9.59 Å². The Hall–Kier alpha value is -3.48. The molecule has 5 nitrogen and oxygen atoms in total. The summed E-state index contributed by atoms with van der Waals surface area (Å²) in [5.74, 6) is 0.129. The first kappa shape index (κ1) is 21.4. The van der Waals surface area contributed by atoms with Gasteiger partial charge in [-0.05, 0) is 49.4 Å². The third-order valence-corrected chi connectivity index (χ3v) is 6.60. The van der Waals surface area contributed by atoms with E-state index in [-0.39, 0.29) is 18.2 Å². The van der Waals surface area contributed by atoms with E-state index in [0.717, 1.165) is 21.8 Å². The van der Waals surface area contributed by atoms with Crippen LogP contribution in [0.3, 0.4) is 0 Å². The second kappa shape index (κ2) is 8.81. The van der Waals surface area contributed by atoms with E-state index in [1.54, 1.807) is 42.5 Å². The topological polar surface area (TPSA) is 59.5 Å². The first-order valence-electron chi connectivity index (χ1n) is 10.4. The molecule has 0 radical (unpaired) electrons. The summed E-state index contributed by atoms with van der Waals surface area (Å²) in [4.78, 5) is 32.1. The molecule has 2 heterocycles. The molecule has 1 aliphatic rings. The molecule has 0 aliphatic carbocycles. The highest BCUT2D eigenvalue weighted by Gasteiger charge is 2.33. The summed E-state index contributed by atoms with van der Waals surface area (Å²) in [6.45, 7) is 1.60. The standard InChI is InChI=1S/C26H19ClN2O3S/c1-16-26(31)29(14-23(30)17-7-10-20(27)11-8-17)22-13-19(9-12-24(22)32-16)21-15-33-25(28-21)18-5-3-2-4-6-18/h2-13,15-16H,14H2,1H3. The highest BCUT2D eigenvalue weighted by molar-refractivity contribution is 7.13. The van der Waals surface area contributed by atoms with E-state index >= 15 is 0 Å². The Morgan fingerprint density at radius 1 is 1.06 bits per heavy atom. The predicted molar refractivity (Wildman–Crippen MR) is 131 cm³/mol. The second-order valence-electron chi connectivity index (χ2n) is 7.70. The van der Waals surface area contributed by atoms with Crippen molar-refractivity contribution < 1.29 is 14.3 Å². The number of halogens is 1. The van der Waals surface area contributed by atoms with Gasteiger partial charge in [0.2, 0.25) is 0 Å². The monoisotopic (exact) mass is 474 g/mol. The largest absolute Gasteiger partial charge is 0.479 e. The van der Waals surface area contributed by atoms with Crippen LogP contribution >= 0.6 is 22.9 Å². The Bertz CT molecular complexity index is 1340. The Morgan fingerprint density at radius 2 is 1.82 bits per heavy atom. The van der Waals surface area contributed by atoms with Crippen LogP contribution in [-0.2, 0) is 4.79 Å². The molecule has 3 aromatic carbocycles. The van der Waals surface area contributed by atoms with Crippen molar-refractivity contribution in [3.63, 3.8) is 0 Å². The fourth-order valence-corrected chi connectivity index (χ4v) is 4.68. The van der Waals surface area contributed by atoms with Crippen LogP contribution in [0.5, 0.6) is 5.75 Å². The molecule has 4 aromatic rings. The Balaban J connectivity index is 1.48. The molecule has 1 atom stereocenters. The number of ether oxygens (including phenoxy) is 1. The van der Waals surface area contributed by atoms with Crippen LogP contribution in [-0.4, -0.2) is 29.3 Å². The fraction of sp³-hybridized carbons (Fsp3) is 0.115. The normalized spacial score (nSPS) is 15.2. The fourth-order valence-electron chi connectivity index (χ4n) is 3.72. The minimum atomic E-state index is -0.676. The molecule has 164 valence electrons. The first-order valence-corrected chi connectivity index (χ1v) is 11.7. The zero-order chi connectivity index (χ0) is 22.9. The summed E-state index contributed by atoms with van der Waals surface area (Å²) >= 11 is 7.49. The maximum absolute atomic E-state index is 13.0. The van der Waals surface area contributed by atoms with Gasteiger partial charge in [0.15, 0.2) is 11.9 Å². The summed E-state index contributed by atoms with van der Waals surface area (Å²) in [5, 5.41) is 3.45. The van der Waals surface area contributed by atoms with Crippen LogP contribution in [0.1, 0.15) is 17.3 Å². The average Bonchev–Trinajstić information content (AvgIpc) is 3.33. The first-order chi connectivity index (χ1) is 16.0. The number of amides is 1. The van der Waals surface area contributed by atoms with Crippen molar-refractivity contribution in [2.24, 2.45) is 0 Å². The van der Waals surface area contributed by atoms with Gasteiger partial charge in [-0.1, -0.05) is 41.9 Å². The molecule has 0 fully saturated rings. The van der Waals surface area contributed by atoms with Crippen molar-refractivity contribution in [1.82, 2.24) is 4.98 Å². The van der Waals surface area contributed by atoms with E-state index in [1.807, 2.05) is 53.9 Å². The van der Waals surface area contributed by atoms with E-state index < -0.39 is 6.10 Å². The van der Waals surface area contributed by atoms with Crippen molar-refractivity contribution >= 4 is 40.3 Å². The van der Waals surface area contributed by atoms with Crippen LogP contribution < -0.4 is 9.64 Å². The zero-order valence-corrected chi connectivity index (χ0v) is 19.3. The van der Waals surface area contributed by atoms with Crippen molar-refractivity contribution in [1.29, 1.82) is 0 Å². The van der Waals surface area contributed by atoms with Crippen molar-refractivity contribution in [3.8, 4) is 27.6 Å². The lowest BCUT2D eigenvalue weighted by atomic mass is 10.1. The highest BCUT2D eigenvalue weighted by atomic mass is 35.5. The smallest absolute Gasteiger partial charge is 0.268 e. The van der Waals surface area contributed by atoms with Gasteiger partial charge in [-0.15, -0.1) is 11.3 Å². The minimum Gasteiger partial charge on any atom is -0.479 e. The summed E-state index contributed by atoms with van der Waals surface area (Å²) in [7, 11) is 0. The number of fused-ring (bicyclic) bond motifs is 1. The summed E-state index contributed by atoms with van der Waals surface area (Å²) in [6, 6.07) is 22.2. The molecule has 1 unspecified atom stereocenters. The Morgan fingerprint density at radius 3 is 2.58 bits per heavy atom. The van der Waals surface area contributed by atoms with Gasteiger partial charge >= 0.3 is 0 Å². The maximum atomic E-state index is 13.0. The van der Waals surface area contributed by atoms with Crippen molar-refractivity contribution in [2.45, 2.75) is 13.0 Å². The number of aromatic nitrogens is 1. The molecule has 0 N–H and O–H groups in total. The number of hydrogen-bond acceptors (Lipinski definition) is 5. The molecule has 1 amide bonds. The molecule has 0 spiro atoms. The quantitative estimate of drug-likeness (QED) is 0.326. The van der Waals surface area contributed by atoms with Gasteiger partial charge in [0.25, 0.3) is 5.91 Å². The number of nitrogens with zero attached hydrogens (tertiary/aromatic N) is 2. The Kier molecular flexibility index (Phi) is 5.70. The summed E-state index contributed by atoms with van der Waals surface area (Å²) in [6.07, 6.45) is -0.676. The van der Waals surface area contributed by atoms with E-state index in [0.29, 0.717) is 22.0 Å². The molecule has 33 heavy (non-hydrogen) atoms. The van der Waals surface area contributed by atoms with E-state index in [1.165, 1.54) is 4.90 Å². The van der Waals surface area contributed by atoms with Gasteiger partial charge in [-0.25, -0.2) is 4.98 Å². The number of rotatable bonds is 5. The van der Waals surface area contributed by atoms with Gasteiger partial charge in [0.1, 0.15) is 10.8 Å². The second-order valence-corrected chi connectivity index (χ2v) is 9.00. The number of anilines is 1. The number of thiazole rings is 1. The van der Waals surface area contributed by atoms with Gasteiger partial charge in [-0.2, -0.15) is 0 Å². The number of hydrogen-bond donors (Lipinski definition) is 0. The minimum absolute atomic E-state index is 0.0864. The van der Waals surface area contributed by atoms with Crippen LogP contribution in [0.15, 0.2) is 78.2 Å². The summed E-state index contributed by atoms with van der Waals surface area (Å²) < 4.78 is 5.80. The van der Waals surface area contributed by atoms with Crippen molar-refractivity contribution in [3.05, 3.63) is 88.8 Å². The molecule has 0 saturated carbocycles. The maximum Gasteiger partial charge on any atom is 0.268 e. The molecular weight excluding hydrogens is 456 g/mol.